The summed E-state index contributed by atoms with van der Waals surface area (Å²) in [7, 11) is 1.59. The van der Waals surface area contributed by atoms with Crippen molar-refractivity contribution in [3.63, 3.8) is 0 Å². The van der Waals surface area contributed by atoms with Crippen molar-refractivity contribution in [2.24, 2.45) is 0 Å². The first kappa shape index (κ1) is 12.6. The maximum atomic E-state index is 5.89. The van der Waals surface area contributed by atoms with E-state index in [0.29, 0.717) is 22.5 Å². The number of benzene rings is 1. The van der Waals surface area contributed by atoms with E-state index in [1.165, 1.54) is 0 Å². The minimum absolute atomic E-state index is 0.389. The van der Waals surface area contributed by atoms with Crippen LogP contribution in [0.3, 0.4) is 0 Å². The number of hydrogen-bond donors (Lipinski definition) is 0. The molecule has 0 unspecified atom stereocenters. The van der Waals surface area contributed by atoms with Gasteiger partial charge in [0.25, 0.3) is 0 Å². The molecule has 1 aromatic heterocycles. The fourth-order valence-corrected chi connectivity index (χ4v) is 1.64. The molecular formula is C13H13ClN2O2. The van der Waals surface area contributed by atoms with Crippen LogP contribution in [-0.4, -0.2) is 17.3 Å². The highest BCUT2D eigenvalue weighted by Gasteiger charge is 2.12. The Balaban J connectivity index is 2.37. The Kier molecular flexibility index (Phi) is 3.67. The van der Waals surface area contributed by atoms with Crippen LogP contribution in [0.4, 0.5) is 0 Å². The molecule has 5 heteroatoms. The number of methoxy groups -OCH3 is 1. The zero-order chi connectivity index (χ0) is 13.1. The number of aromatic nitrogens is 2. The SMILES string of the molecule is COc1ccccc1Oc1nnc(Cl)c(C)c1C. The van der Waals surface area contributed by atoms with Gasteiger partial charge in [0.1, 0.15) is 0 Å². The molecule has 0 radical (unpaired) electrons. The van der Waals surface area contributed by atoms with E-state index < -0.39 is 0 Å². The van der Waals surface area contributed by atoms with Crippen molar-refractivity contribution in [1.29, 1.82) is 0 Å². The zero-order valence-electron chi connectivity index (χ0n) is 10.4. The molecule has 4 nitrogen and oxygen atoms in total. The summed E-state index contributed by atoms with van der Waals surface area (Å²) in [6.07, 6.45) is 0. The lowest BCUT2D eigenvalue weighted by molar-refractivity contribution is 0.371. The molecule has 0 saturated carbocycles. The number of nitrogens with zero attached hydrogens (tertiary/aromatic N) is 2. The Morgan fingerprint density at radius 2 is 1.67 bits per heavy atom. The Morgan fingerprint density at radius 1 is 1.00 bits per heavy atom. The van der Waals surface area contributed by atoms with Gasteiger partial charge in [-0.25, -0.2) is 0 Å². The zero-order valence-corrected chi connectivity index (χ0v) is 11.2. The van der Waals surface area contributed by atoms with Crippen molar-refractivity contribution in [2.45, 2.75) is 13.8 Å². The Hall–Kier alpha value is -1.81. The van der Waals surface area contributed by atoms with Crippen LogP contribution in [0.15, 0.2) is 24.3 Å². The van der Waals surface area contributed by atoms with Gasteiger partial charge in [-0.1, -0.05) is 23.7 Å². The molecule has 0 aliphatic carbocycles. The first-order valence-electron chi connectivity index (χ1n) is 5.43. The first-order chi connectivity index (χ1) is 8.63. The highest BCUT2D eigenvalue weighted by atomic mass is 35.5. The van der Waals surface area contributed by atoms with Crippen molar-refractivity contribution in [2.75, 3.05) is 7.11 Å². The maximum absolute atomic E-state index is 5.89. The number of halogens is 1. The van der Waals surface area contributed by atoms with E-state index in [9.17, 15) is 0 Å². The van der Waals surface area contributed by atoms with Crippen LogP contribution in [0.5, 0.6) is 17.4 Å². The summed E-state index contributed by atoms with van der Waals surface area (Å²) >= 11 is 5.89. The molecular weight excluding hydrogens is 252 g/mol. The summed E-state index contributed by atoms with van der Waals surface area (Å²) < 4.78 is 10.9. The van der Waals surface area contributed by atoms with E-state index in [2.05, 4.69) is 10.2 Å². The van der Waals surface area contributed by atoms with Gasteiger partial charge in [0.05, 0.1) is 7.11 Å². The molecule has 0 atom stereocenters. The Labute approximate surface area is 111 Å². The average Bonchev–Trinajstić information content (AvgIpc) is 2.40. The van der Waals surface area contributed by atoms with Crippen LogP contribution in [0, 0.1) is 13.8 Å². The van der Waals surface area contributed by atoms with Gasteiger partial charge >= 0.3 is 0 Å². The molecule has 0 amide bonds. The van der Waals surface area contributed by atoms with Crippen molar-refractivity contribution in [3.05, 3.63) is 40.5 Å². The molecule has 1 aromatic carbocycles. The van der Waals surface area contributed by atoms with Crippen LogP contribution in [0.2, 0.25) is 5.15 Å². The van der Waals surface area contributed by atoms with Crippen molar-refractivity contribution < 1.29 is 9.47 Å². The molecule has 94 valence electrons. The minimum atomic E-state index is 0.389. The monoisotopic (exact) mass is 264 g/mol. The number of rotatable bonds is 3. The van der Waals surface area contributed by atoms with Gasteiger partial charge in [-0.3, -0.25) is 0 Å². The second-order valence-corrected chi connectivity index (χ2v) is 4.16. The summed E-state index contributed by atoms with van der Waals surface area (Å²) in [5, 5.41) is 8.18. The predicted octanol–water partition coefficient (Wildman–Crippen LogP) is 3.55. The smallest absolute Gasteiger partial charge is 0.242 e. The minimum Gasteiger partial charge on any atom is -0.493 e. The molecule has 0 spiro atoms. The molecule has 2 rings (SSSR count). The summed E-state index contributed by atoms with van der Waals surface area (Å²) in [5.41, 5.74) is 1.72. The fraction of sp³-hybridized carbons (Fsp3) is 0.231. The van der Waals surface area contributed by atoms with E-state index in [0.717, 1.165) is 11.1 Å². The average molecular weight is 265 g/mol. The molecule has 2 aromatic rings. The predicted molar refractivity (Wildman–Crippen MR) is 69.6 cm³/mol. The quantitative estimate of drug-likeness (QED) is 0.850. The number of para-hydroxylation sites is 2. The summed E-state index contributed by atoms with van der Waals surface area (Å²) in [5.74, 6) is 1.67. The lowest BCUT2D eigenvalue weighted by atomic mass is 10.2. The van der Waals surface area contributed by atoms with Gasteiger partial charge < -0.3 is 9.47 Å². The van der Waals surface area contributed by atoms with Crippen molar-refractivity contribution in [1.82, 2.24) is 10.2 Å². The van der Waals surface area contributed by atoms with Crippen molar-refractivity contribution in [3.8, 4) is 17.4 Å². The van der Waals surface area contributed by atoms with Gasteiger partial charge in [0.2, 0.25) is 5.88 Å². The van der Waals surface area contributed by atoms with Gasteiger partial charge in [-0.2, -0.15) is 0 Å². The third kappa shape index (κ3) is 2.38. The van der Waals surface area contributed by atoms with Gasteiger partial charge in [0, 0.05) is 5.56 Å². The molecule has 0 N–H and O–H groups in total. The molecule has 18 heavy (non-hydrogen) atoms. The van der Waals surface area contributed by atoms with E-state index in [1.54, 1.807) is 7.11 Å². The highest BCUT2D eigenvalue weighted by Crippen LogP contribution is 2.32. The molecule has 1 heterocycles. The van der Waals surface area contributed by atoms with Crippen LogP contribution >= 0.6 is 11.6 Å². The lowest BCUT2D eigenvalue weighted by Gasteiger charge is -2.11. The van der Waals surface area contributed by atoms with Crippen LogP contribution in [0.25, 0.3) is 0 Å². The molecule has 0 saturated heterocycles. The molecule has 0 fully saturated rings. The van der Waals surface area contributed by atoms with Crippen LogP contribution in [-0.2, 0) is 0 Å². The lowest BCUT2D eigenvalue weighted by Crippen LogP contribution is -1.98. The molecule has 0 bridgehead atoms. The number of ether oxygens (including phenoxy) is 2. The fourth-order valence-electron chi connectivity index (χ4n) is 1.46. The Morgan fingerprint density at radius 3 is 2.33 bits per heavy atom. The largest absolute Gasteiger partial charge is 0.493 e. The number of hydrogen-bond acceptors (Lipinski definition) is 4. The van der Waals surface area contributed by atoms with E-state index in [1.807, 2.05) is 38.1 Å². The van der Waals surface area contributed by atoms with E-state index in [-0.39, 0.29) is 0 Å². The third-order valence-corrected chi connectivity index (χ3v) is 3.06. The standard InChI is InChI=1S/C13H13ClN2O2/c1-8-9(2)13(16-15-12(8)14)18-11-7-5-4-6-10(11)17-3/h4-7H,1-3H3. The Bertz CT molecular complexity index is 573. The van der Waals surface area contributed by atoms with Crippen LogP contribution in [0.1, 0.15) is 11.1 Å². The normalized spacial score (nSPS) is 10.2. The molecule has 0 aliphatic heterocycles. The second-order valence-electron chi connectivity index (χ2n) is 3.80. The molecule has 0 aliphatic rings. The summed E-state index contributed by atoms with van der Waals surface area (Å²) in [4.78, 5) is 0. The van der Waals surface area contributed by atoms with E-state index >= 15 is 0 Å². The van der Waals surface area contributed by atoms with Crippen LogP contribution < -0.4 is 9.47 Å². The third-order valence-electron chi connectivity index (χ3n) is 2.70. The maximum Gasteiger partial charge on any atom is 0.242 e. The topological polar surface area (TPSA) is 44.2 Å². The second kappa shape index (κ2) is 5.23. The van der Waals surface area contributed by atoms with Gasteiger partial charge in [0.15, 0.2) is 16.7 Å². The first-order valence-corrected chi connectivity index (χ1v) is 5.81. The van der Waals surface area contributed by atoms with E-state index in [4.69, 9.17) is 21.1 Å². The van der Waals surface area contributed by atoms with Gasteiger partial charge in [-0.05, 0) is 31.5 Å². The highest BCUT2D eigenvalue weighted by molar-refractivity contribution is 6.30. The van der Waals surface area contributed by atoms with Gasteiger partial charge in [-0.15, -0.1) is 10.2 Å². The summed E-state index contributed by atoms with van der Waals surface area (Å²) in [6, 6.07) is 7.37. The van der Waals surface area contributed by atoms with Crippen molar-refractivity contribution >= 4 is 11.6 Å². The summed E-state index contributed by atoms with van der Waals surface area (Å²) in [6.45, 7) is 3.77.